The van der Waals surface area contributed by atoms with Crippen molar-refractivity contribution >= 4 is 5.91 Å². The number of rotatable bonds is 5. The lowest BCUT2D eigenvalue weighted by Gasteiger charge is -2.16. The summed E-state index contributed by atoms with van der Waals surface area (Å²) in [5.74, 6) is 3.07. The number of carbonyl (C=O) groups excluding carboxylic acids is 1. The van der Waals surface area contributed by atoms with Crippen molar-refractivity contribution in [1.82, 2.24) is 20.1 Å². The summed E-state index contributed by atoms with van der Waals surface area (Å²) in [6.07, 6.45) is 4.92. The van der Waals surface area contributed by atoms with Crippen molar-refractivity contribution in [2.75, 3.05) is 13.6 Å². The van der Waals surface area contributed by atoms with E-state index in [-0.39, 0.29) is 5.91 Å². The molecule has 1 aromatic carbocycles. The van der Waals surface area contributed by atoms with Crippen LogP contribution in [0.5, 0.6) is 0 Å². The van der Waals surface area contributed by atoms with E-state index in [1.165, 1.54) is 25.7 Å². The third kappa shape index (κ3) is 2.75. The highest BCUT2D eigenvalue weighted by Gasteiger charge is 2.27. The van der Waals surface area contributed by atoms with Gasteiger partial charge in [-0.25, -0.2) is 4.98 Å². The highest BCUT2D eigenvalue weighted by molar-refractivity contribution is 5.94. The highest BCUT2D eigenvalue weighted by atomic mass is 16.2. The average molecular weight is 296 g/mol. The molecular weight excluding hydrogens is 276 g/mol. The molecule has 1 amide bonds. The number of nitrogens with zero attached hydrogens (tertiary/aromatic N) is 3. The Kier molecular flexibility index (Phi) is 3.21. The van der Waals surface area contributed by atoms with Gasteiger partial charge in [0.05, 0.1) is 0 Å². The molecule has 0 atom stereocenters. The zero-order valence-corrected chi connectivity index (χ0v) is 12.7. The molecule has 0 saturated heterocycles. The standard InChI is InChI=1S/C17H20N4O/c1-21(10-11-2-3-11)17(22)14-8-6-13(7-9-14)16-18-15(19-20-16)12-4-5-12/h6-9,11-12H,2-5,10H2,1H3,(H,18,19,20). The largest absolute Gasteiger partial charge is 0.341 e. The Labute approximate surface area is 129 Å². The van der Waals surface area contributed by atoms with E-state index in [1.807, 2.05) is 36.2 Å². The van der Waals surface area contributed by atoms with Gasteiger partial charge in [0.25, 0.3) is 5.91 Å². The summed E-state index contributed by atoms with van der Waals surface area (Å²) in [7, 11) is 1.88. The molecule has 0 radical (unpaired) electrons. The molecule has 1 heterocycles. The molecule has 0 unspecified atom stereocenters. The molecule has 2 aromatic rings. The topological polar surface area (TPSA) is 61.9 Å². The molecular formula is C17H20N4O. The summed E-state index contributed by atoms with van der Waals surface area (Å²) in [4.78, 5) is 18.7. The molecule has 0 spiro atoms. The van der Waals surface area contributed by atoms with E-state index in [4.69, 9.17) is 0 Å². The zero-order chi connectivity index (χ0) is 15.1. The first-order chi connectivity index (χ1) is 10.7. The minimum atomic E-state index is 0.0899. The van der Waals surface area contributed by atoms with Crippen LogP contribution in [0.3, 0.4) is 0 Å². The van der Waals surface area contributed by atoms with Crippen molar-refractivity contribution in [2.45, 2.75) is 31.6 Å². The van der Waals surface area contributed by atoms with Crippen LogP contribution in [-0.4, -0.2) is 39.6 Å². The second-order valence-electron chi connectivity index (χ2n) is 6.52. The van der Waals surface area contributed by atoms with E-state index in [0.29, 0.717) is 17.7 Å². The third-order valence-corrected chi connectivity index (χ3v) is 4.43. The van der Waals surface area contributed by atoms with E-state index < -0.39 is 0 Å². The number of benzene rings is 1. The van der Waals surface area contributed by atoms with Gasteiger partial charge in [0.1, 0.15) is 5.82 Å². The molecule has 0 aliphatic heterocycles. The molecule has 2 aliphatic carbocycles. The molecule has 2 fully saturated rings. The fourth-order valence-electron chi connectivity index (χ4n) is 2.70. The molecule has 5 nitrogen and oxygen atoms in total. The SMILES string of the molecule is CN(CC1CC1)C(=O)c1ccc(-c2n[nH]c(C3CC3)n2)cc1. The first-order valence-electron chi connectivity index (χ1n) is 7.99. The minimum Gasteiger partial charge on any atom is -0.341 e. The maximum Gasteiger partial charge on any atom is 0.253 e. The monoisotopic (exact) mass is 296 g/mol. The van der Waals surface area contributed by atoms with Crippen LogP contribution in [0.25, 0.3) is 11.4 Å². The Bertz CT molecular complexity index is 683. The number of aromatic nitrogens is 3. The van der Waals surface area contributed by atoms with Crippen molar-refractivity contribution in [3.63, 3.8) is 0 Å². The van der Waals surface area contributed by atoms with Crippen molar-refractivity contribution in [3.05, 3.63) is 35.7 Å². The van der Waals surface area contributed by atoms with Gasteiger partial charge in [0.15, 0.2) is 5.82 Å². The van der Waals surface area contributed by atoms with Gasteiger partial charge in [0, 0.05) is 30.6 Å². The summed E-state index contributed by atoms with van der Waals surface area (Å²) in [6, 6.07) is 7.60. The molecule has 1 aromatic heterocycles. The van der Waals surface area contributed by atoms with E-state index in [2.05, 4.69) is 15.2 Å². The summed E-state index contributed by atoms with van der Waals surface area (Å²) in [5.41, 5.74) is 1.68. The molecule has 0 bridgehead atoms. The van der Waals surface area contributed by atoms with Crippen molar-refractivity contribution < 1.29 is 4.79 Å². The summed E-state index contributed by atoms with van der Waals surface area (Å²) in [6.45, 7) is 0.867. The number of aromatic amines is 1. The second-order valence-corrected chi connectivity index (χ2v) is 6.52. The predicted molar refractivity (Wildman–Crippen MR) is 83.5 cm³/mol. The van der Waals surface area contributed by atoms with E-state index in [1.54, 1.807) is 0 Å². The van der Waals surface area contributed by atoms with Gasteiger partial charge < -0.3 is 4.90 Å². The first kappa shape index (κ1) is 13.5. The number of carbonyl (C=O) groups is 1. The molecule has 2 saturated carbocycles. The van der Waals surface area contributed by atoms with Crippen LogP contribution in [0.15, 0.2) is 24.3 Å². The van der Waals surface area contributed by atoms with Crippen molar-refractivity contribution in [1.29, 1.82) is 0 Å². The second kappa shape index (κ2) is 5.23. The quantitative estimate of drug-likeness (QED) is 0.923. The summed E-state index contributed by atoms with van der Waals surface area (Å²) in [5, 5.41) is 7.29. The van der Waals surface area contributed by atoms with Crippen LogP contribution in [0.4, 0.5) is 0 Å². The molecule has 2 aliphatic rings. The van der Waals surface area contributed by atoms with Crippen molar-refractivity contribution in [2.24, 2.45) is 5.92 Å². The zero-order valence-electron chi connectivity index (χ0n) is 12.7. The maximum atomic E-state index is 12.3. The lowest BCUT2D eigenvalue weighted by Crippen LogP contribution is -2.28. The van der Waals surface area contributed by atoms with Crippen LogP contribution < -0.4 is 0 Å². The Hall–Kier alpha value is -2.17. The van der Waals surface area contributed by atoms with Gasteiger partial charge in [-0.05, 0) is 43.7 Å². The van der Waals surface area contributed by atoms with Crippen LogP contribution >= 0.6 is 0 Å². The molecule has 114 valence electrons. The molecule has 4 rings (SSSR count). The van der Waals surface area contributed by atoms with Crippen LogP contribution in [0.1, 0.15) is 47.8 Å². The lowest BCUT2D eigenvalue weighted by atomic mass is 10.1. The third-order valence-electron chi connectivity index (χ3n) is 4.43. The van der Waals surface area contributed by atoms with Crippen LogP contribution in [0, 0.1) is 5.92 Å². The van der Waals surface area contributed by atoms with E-state index in [0.717, 1.165) is 23.5 Å². The Morgan fingerprint density at radius 2 is 1.95 bits per heavy atom. The fraction of sp³-hybridized carbons (Fsp3) is 0.471. The normalized spacial score (nSPS) is 17.5. The molecule has 5 heteroatoms. The van der Waals surface area contributed by atoms with Gasteiger partial charge in [-0.2, -0.15) is 5.10 Å². The molecule has 1 N–H and O–H groups in total. The first-order valence-corrected chi connectivity index (χ1v) is 7.99. The van der Waals surface area contributed by atoms with E-state index in [9.17, 15) is 4.79 Å². The number of hydrogen-bond acceptors (Lipinski definition) is 3. The van der Waals surface area contributed by atoms with Gasteiger partial charge in [-0.15, -0.1) is 0 Å². The molecule has 22 heavy (non-hydrogen) atoms. The minimum absolute atomic E-state index is 0.0899. The maximum absolute atomic E-state index is 12.3. The fourth-order valence-corrected chi connectivity index (χ4v) is 2.70. The number of amides is 1. The smallest absolute Gasteiger partial charge is 0.253 e. The number of hydrogen-bond donors (Lipinski definition) is 1. The van der Waals surface area contributed by atoms with Crippen LogP contribution in [0.2, 0.25) is 0 Å². The lowest BCUT2D eigenvalue weighted by molar-refractivity contribution is 0.0788. The van der Waals surface area contributed by atoms with Gasteiger partial charge in [-0.3, -0.25) is 9.89 Å². The van der Waals surface area contributed by atoms with Gasteiger partial charge in [0.2, 0.25) is 0 Å². The van der Waals surface area contributed by atoms with Gasteiger partial charge >= 0.3 is 0 Å². The average Bonchev–Trinajstić information content (AvgIpc) is 3.47. The highest BCUT2D eigenvalue weighted by Crippen LogP contribution is 2.38. The van der Waals surface area contributed by atoms with Crippen molar-refractivity contribution in [3.8, 4) is 11.4 Å². The predicted octanol–water partition coefficient (Wildman–Crippen LogP) is 2.83. The Balaban J connectivity index is 1.47. The Morgan fingerprint density at radius 3 is 2.59 bits per heavy atom. The van der Waals surface area contributed by atoms with Crippen LogP contribution in [-0.2, 0) is 0 Å². The summed E-state index contributed by atoms with van der Waals surface area (Å²) >= 11 is 0. The van der Waals surface area contributed by atoms with Gasteiger partial charge in [-0.1, -0.05) is 12.1 Å². The number of nitrogens with one attached hydrogen (secondary N) is 1. The Morgan fingerprint density at radius 1 is 1.23 bits per heavy atom. The van der Waals surface area contributed by atoms with E-state index >= 15 is 0 Å². The summed E-state index contributed by atoms with van der Waals surface area (Å²) < 4.78 is 0. The number of H-pyrrole nitrogens is 1.